The first-order valence-electron chi connectivity index (χ1n) is 10.6. The fourth-order valence-electron chi connectivity index (χ4n) is 3.20. The number of aryl methyl sites for hydroxylation is 1. The summed E-state index contributed by atoms with van der Waals surface area (Å²) in [5.74, 6) is 0.217. The number of ether oxygens (including phenoxy) is 1. The van der Waals surface area contributed by atoms with Crippen molar-refractivity contribution < 1.29 is 14.3 Å². The van der Waals surface area contributed by atoms with Crippen molar-refractivity contribution in [2.75, 3.05) is 5.32 Å². The lowest BCUT2D eigenvalue weighted by atomic mass is 10.2. The van der Waals surface area contributed by atoms with Gasteiger partial charge in [-0.3, -0.25) is 14.6 Å². The molecule has 4 rings (SSSR count). The van der Waals surface area contributed by atoms with Crippen molar-refractivity contribution in [3.8, 4) is 5.75 Å². The Morgan fingerprint density at radius 2 is 1.76 bits per heavy atom. The zero-order chi connectivity index (χ0) is 23.9. The van der Waals surface area contributed by atoms with Crippen LogP contribution in [0.1, 0.15) is 36.9 Å². The third kappa shape index (κ3) is 6.01. The van der Waals surface area contributed by atoms with Gasteiger partial charge >= 0.3 is 0 Å². The molecule has 172 valence electrons. The summed E-state index contributed by atoms with van der Waals surface area (Å²) in [7, 11) is 0. The molecule has 2 heterocycles. The molecule has 8 heteroatoms. The zero-order valence-corrected chi connectivity index (χ0v) is 20.0. The third-order valence-electron chi connectivity index (χ3n) is 4.97. The number of hydrogen-bond donors (Lipinski definition) is 2. The lowest BCUT2D eigenvalue weighted by Gasteiger charge is -2.08. The van der Waals surface area contributed by atoms with Crippen molar-refractivity contribution in [3.63, 3.8) is 0 Å². The quantitative estimate of drug-likeness (QED) is 0.323. The topological polar surface area (TPSA) is 80.3 Å². The summed E-state index contributed by atoms with van der Waals surface area (Å²) >= 11 is 7.32. The van der Waals surface area contributed by atoms with Crippen LogP contribution in [0.25, 0.3) is 0 Å². The van der Waals surface area contributed by atoms with Crippen molar-refractivity contribution >= 4 is 39.8 Å². The normalized spacial score (nSPS) is 10.5. The van der Waals surface area contributed by atoms with Crippen molar-refractivity contribution in [2.24, 2.45) is 0 Å². The highest BCUT2D eigenvalue weighted by Crippen LogP contribution is 2.28. The molecule has 0 aliphatic carbocycles. The van der Waals surface area contributed by atoms with Crippen LogP contribution in [0.15, 0.2) is 79.0 Å². The minimum atomic E-state index is -0.316. The van der Waals surface area contributed by atoms with Crippen LogP contribution in [0.5, 0.6) is 5.75 Å². The summed E-state index contributed by atoms with van der Waals surface area (Å²) in [6, 6.07) is 21.8. The smallest absolute Gasteiger partial charge is 0.261 e. The molecule has 6 nitrogen and oxygen atoms in total. The average molecular weight is 492 g/mol. The molecule has 2 aromatic carbocycles. The molecular formula is C26H22ClN3O3S. The molecule has 0 saturated carbocycles. The first-order chi connectivity index (χ1) is 16.5. The Morgan fingerprint density at radius 1 is 1.00 bits per heavy atom. The summed E-state index contributed by atoms with van der Waals surface area (Å²) < 4.78 is 5.74. The minimum Gasteiger partial charge on any atom is -0.487 e. The number of nitrogens with zero attached hydrogens (tertiary/aromatic N) is 1. The number of thiophene rings is 1. The number of benzene rings is 2. The fraction of sp³-hybridized carbons (Fsp3) is 0.115. The molecule has 4 aromatic rings. The Kier molecular flexibility index (Phi) is 7.57. The number of carbonyl (C=O) groups is 2. The minimum absolute atomic E-state index is 0.198. The van der Waals surface area contributed by atoms with E-state index in [9.17, 15) is 9.59 Å². The molecule has 0 aliphatic heterocycles. The van der Waals surface area contributed by atoms with Crippen LogP contribution in [0.3, 0.4) is 0 Å². The molecule has 2 aromatic heterocycles. The van der Waals surface area contributed by atoms with Crippen LogP contribution >= 0.6 is 22.9 Å². The molecule has 0 unspecified atom stereocenters. The number of nitrogens with one attached hydrogen (secondary N) is 2. The monoisotopic (exact) mass is 491 g/mol. The Hall–Kier alpha value is -3.68. The van der Waals surface area contributed by atoms with Gasteiger partial charge in [-0.1, -0.05) is 41.9 Å². The Balaban J connectivity index is 1.31. The van der Waals surface area contributed by atoms with E-state index in [1.807, 2.05) is 49.4 Å². The van der Waals surface area contributed by atoms with Crippen molar-refractivity contribution in [3.05, 3.63) is 111 Å². The van der Waals surface area contributed by atoms with E-state index >= 15 is 0 Å². The van der Waals surface area contributed by atoms with Gasteiger partial charge < -0.3 is 15.4 Å². The first-order valence-corrected chi connectivity index (χ1v) is 11.7. The number of amides is 2. The van der Waals surface area contributed by atoms with Crippen molar-refractivity contribution in [1.82, 2.24) is 10.3 Å². The van der Waals surface area contributed by atoms with E-state index in [0.717, 1.165) is 22.6 Å². The third-order valence-corrected chi connectivity index (χ3v) is 6.45. The number of hydrogen-bond acceptors (Lipinski definition) is 5. The Labute approximate surface area is 206 Å². The molecule has 34 heavy (non-hydrogen) atoms. The summed E-state index contributed by atoms with van der Waals surface area (Å²) in [5.41, 5.74) is 2.97. The van der Waals surface area contributed by atoms with E-state index in [1.54, 1.807) is 36.5 Å². The molecular weight excluding hydrogens is 470 g/mol. The summed E-state index contributed by atoms with van der Waals surface area (Å²) in [6.45, 7) is 2.60. The number of anilines is 1. The molecule has 2 amide bonds. The highest BCUT2D eigenvalue weighted by molar-refractivity contribution is 7.18. The molecule has 0 atom stereocenters. The Morgan fingerprint density at radius 3 is 2.50 bits per heavy atom. The fourth-order valence-corrected chi connectivity index (χ4v) is 4.41. The number of aromatic nitrogens is 1. The Bertz CT molecular complexity index is 1290. The number of pyridine rings is 1. The lowest BCUT2D eigenvalue weighted by molar-refractivity contribution is 0.0953. The maximum Gasteiger partial charge on any atom is 0.261 e. The maximum atomic E-state index is 12.7. The van der Waals surface area contributed by atoms with Gasteiger partial charge in [-0.2, -0.15) is 0 Å². The number of rotatable bonds is 8. The van der Waals surface area contributed by atoms with Crippen molar-refractivity contribution in [1.29, 1.82) is 0 Å². The molecule has 0 saturated heterocycles. The van der Waals surface area contributed by atoms with Gasteiger partial charge in [0.05, 0.1) is 26.2 Å². The van der Waals surface area contributed by atoms with E-state index in [0.29, 0.717) is 33.6 Å². The molecule has 0 aliphatic rings. The van der Waals surface area contributed by atoms with Gasteiger partial charge in [0.1, 0.15) is 12.4 Å². The maximum absolute atomic E-state index is 12.7. The predicted octanol–water partition coefficient (Wildman–Crippen LogP) is 5.87. The summed E-state index contributed by atoms with van der Waals surface area (Å²) in [4.78, 5) is 30.0. The van der Waals surface area contributed by atoms with E-state index in [1.165, 1.54) is 11.3 Å². The van der Waals surface area contributed by atoms with Gasteiger partial charge in [-0.15, -0.1) is 11.3 Å². The van der Waals surface area contributed by atoms with Crippen LogP contribution in [0.4, 0.5) is 5.00 Å². The zero-order valence-electron chi connectivity index (χ0n) is 18.4. The summed E-state index contributed by atoms with van der Waals surface area (Å²) in [5, 5.41) is 6.70. The second-order valence-corrected chi connectivity index (χ2v) is 8.95. The molecule has 0 spiro atoms. The molecule has 0 radical (unpaired) electrons. The van der Waals surface area contributed by atoms with Gasteiger partial charge in [-0.05, 0) is 60.5 Å². The van der Waals surface area contributed by atoms with Gasteiger partial charge in [0.15, 0.2) is 0 Å². The van der Waals surface area contributed by atoms with Crippen molar-refractivity contribution in [2.45, 2.75) is 20.1 Å². The second kappa shape index (κ2) is 11.0. The van der Waals surface area contributed by atoms with Gasteiger partial charge in [0, 0.05) is 12.7 Å². The van der Waals surface area contributed by atoms with Gasteiger partial charge in [-0.25, -0.2) is 0 Å². The van der Waals surface area contributed by atoms with Crippen LogP contribution in [-0.4, -0.2) is 16.8 Å². The number of halogens is 1. The summed E-state index contributed by atoms with van der Waals surface area (Å²) in [6.07, 6.45) is 1.73. The first kappa shape index (κ1) is 23.5. The van der Waals surface area contributed by atoms with Crippen LogP contribution in [-0.2, 0) is 13.2 Å². The second-order valence-electron chi connectivity index (χ2n) is 7.49. The largest absolute Gasteiger partial charge is 0.487 e. The van der Waals surface area contributed by atoms with Crippen LogP contribution in [0, 0.1) is 6.92 Å². The number of carbonyl (C=O) groups excluding carboxylic acids is 2. The van der Waals surface area contributed by atoms with E-state index in [2.05, 4.69) is 15.6 Å². The molecule has 0 fully saturated rings. The molecule has 2 N–H and O–H groups in total. The SMILES string of the molecule is Cc1cc(NC(=O)c2ccccc2Cl)sc1C(=O)NCc1ccc(OCc2ccccn2)cc1. The van der Waals surface area contributed by atoms with E-state index in [4.69, 9.17) is 16.3 Å². The van der Waals surface area contributed by atoms with Crippen LogP contribution < -0.4 is 15.4 Å². The van der Waals surface area contributed by atoms with E-state index < -0.39 is 0 Å². The highest BCUT2D eigenvalue weighted by Gasteiger charge is 2.16. The van der Waals surface area contributed by atoms with E-state index in [-0.39, 0.29) is 11.8 Å². The average Bonchev–Trinajstić information content (AvgIpc) is 3.22. The van der Waals surface area contributed by atoms with Gasteiger partial charge in [0.25, 0.3) is 11.8 Å². The van der Waals surface area contributed by atoms with Gasteiger partial charge in [0.2, 0.25) is 0 Å². The lowest BCUT2D eigenvalue weighted by Crippen LogP contribution is -2.22. The highest BCUT2D eigenvalue weighted by atomic mass is 35.5. The molecule has 0 bridgehead atoms. The van der Waals surface area contributed by atoms with Crippen LogP contribution in [0.2, 0.25) is 5.02 Å². The predicted molar refractivity (Wildman–Crippen MR) is 135 cm³/mol. The standard InChI is InChI=1S/C26H22ClN3O3S/c1-17-14-23(30-25(31)21-7-2-3-8-22(21)27)34-24(17)26(32)29-15-18-9-11-20(12-10-18)33-16-19-6-4-5-13-28-19/h2-14H,15-16H2,1H3,(H,29,32)(H,30,31).